The first-order chi connectivity index (χ1) is 7.52. The molecule has 2 atom stereocenters. The lowest BCUT2D eigenvalue weighted by molar-refractivity contribution is -0.118. The maximum Gasteiger partial charge on any atom is 0.218 e. The molecule has 0 aliphatic carbocycles. The topological polar surface area (TPSA) is 68.3 Å². The molecule has 0 aliphatic heterocycles. The molecule has 1 amide bonds. The Hall–Kier alpha value is -1.29. The van der Waals surface area contributed by atoms with Gasteiger partial charge < -0.3 is 15.5 Å². The zero-order chi connectivity index (χ0) is 12.1. The first-order valence-electron chi connectivity index (χ1n) is 5.65. The normalized spacial score (nSPS) is 14.7. The van der Waals surface area contributed by atoms with E-state index in [1.807, 2.05) is 26.0 Å². The van der Waals surface area contributed by atoms with Crippen LogP contribution in [0.4, 0.5) is 0 Å². The Bertz CT molecular complexity index is 347. The minimum absolute atomic E-state index is 0.0580. The second-order valence-corrected chi connectivity index (χ2v) is 4.12. The number of nitrogens with two attached hydrogens (primary N) is 1. The van der Waals surface area contributed by atoms with Crippen molar-refractivity contribution in [3.8, 4) is 0 Å². The third-order valence-corrected chi connectivity index (χ3v) is 2.50. The van der Waals surface area contributed by atoms with Crippen LogP contribution in [0.25, 0.3) is 0 Å². The summed E-state index contributed by atoms with van der Waals surface area (Å²) in [5, 5.41) is 3.27. The molecule has 0 saturated carbocycles. The van der Waals surface area contributed by atoms with E-state index in [2.05, 4.69) is 12.2 Å². The summed E-state index contributed by atoms with van der Waals surface area (Å²) in [5.74, 6) is 1.58. The summed E-state index contributed by atoms with van der Waals surface area (Å²) in [4.78, 5) is 10.7. The molecule has 0 spiro atoms. The highest BCUT2D eigenvalue weighted by molar-refractivity contribution is 5.74. The number of rotatable bonds is 6. The zero-order valence-electron chi connectivity index (χ0n) is 10.1. The Morgan fingerprint density at radius 2 is 2.19 bits per heavy atom. The third kappa shape index (κ3) is 3.70. The van der Waals surface area contributed by atoms with Crippen LogP contribution in [-0.2, 0) is 11.2 Å². The molecule has 1 heterocycles. The number of primary amides is 1. The van der Waals surface area contributed by atoms with Crippen LogP contribution < -0.4 is 11.1 Å². The van der Waals surface area contributed by atoms with E-state index in [0.29, 0.717) is 6.42 Å². The highest BCUT2D eigenvalue weighted by Gasteiger charge is 2.14. The van der Waals surface area contributed by atoms with Crippen LogP contribution in [0.15, 0.2) is 16.5 Å². The van der Waals surface area contributed by atoms with Crippen molar-refractivity contribution in [2.75, 3.05) is 0 Å². The molecular formula is C12H20N2O2. The van der Waals surface area contributed by atoms with Crippen molar-refractivity contribution in [3.05, 3.63) is 23.7 Å². The van der Waals surface area contributed by atoms with Gasteiger partial charge in [0.25, 0.3) is 0 Å². The molecule has 4 heteroatoms. The van der Waals surface area contributed by atoms with Crippen molar-refractivity contribution >= 4 is 5.91 Å². The minimum atomic E-state index is -0.291. The van der Waals surface area contributed by atoms with Gasteiger partial charge in [0.1, 0.15) is 11.5 Å². The van der Waals surface area contributed by atoms with E-state index >= 15 is 0 Å². The Kier molecular flexibility index (Phi) is 4.55. The van der Waals surface area contributed by atoms with E-state index in [1.165, 1.54) is 0 Å². The highest BCUT2D eigenvalue weighted by Crippen LogP contribution is 2.17. The predicted molar refractivity (Wildman–Crippen MR) is 62.9 cm³/mol. The average molecular weight is 224 g/mol. The van der Waals surface area contributed by atoms with Crippen LogP contribution in [0, 0.1) is 0 Å². The van der Waals surface area contributed by atoms with Crippen molar-refractivity contribution in [1.82, 2.24) is 5.32 Å². The molecule has 0 bridgehead atoms. The summed E-state index contributed by atoms with van der Waals surface area (Å²) >= 11 is 0. The van der Waals surface area contributed by atoms with E-state index in [1.54, 1.807) is 0 Å². The van der Waals surface area contributed by atoms with E-state index in [-0.39, 0.29) is 18.0 Å². The maximum atomic E-state index is 10.7. The molecule has 0 fully saturated rings. The first kappa shape index (κ1) is 12.8. The Morgan fingerprint density at radius 1 is 1.50 bits per heavy atom. The van der Waals surface area contributed by atoms with Gasteiger partial charge in [0, 0.05) is 18.9 Å². The third-order valence-electron chi connectivity index (χ3n) is 2.50. The Morgan fingerprint density at radius 3 is 2.69 bits per heavy atom. The lowest BCUT2D eigenvalue weighted by atomic mass is 10.2. The molecule has 0 radical (unpaired) electrons. The van der Waals surface area contributed by atoms with Crippen LogP contribution in [0.1, 0.15) is 44.8 Å². The quantitative estimate of drug-likeness (QED) is 0.773. The van der Waals surface area contributed by atoms with E-state index in [4.69, 9.17) is 10.2 Å². The fraction of sp³-hybridized carbons (Fsp3) is 0.583. The van der Waals surface area contributed by atoms with Gasteiger partial charge in [0.2, 0.25) is 5.91 Å². The molecule has 2 unspecified atom stereocenters. The molecule has 4 nitrogen and oxygen atoms in total. The minimum Gasteiger partial charge on any atom is -0.464 e. The fourth-order valence-corrected chi connectivity index (χ4v) is 1.69. The number of carbonyl (C=O) groups excluding carboxylic acids is 1. The summed E-state index contributed by atoms with van der Waals surface area (Å²) in [5.41, 5.74) is 5.13. The fourth-order valence-electron chi connectivity index (χ4n) is 1.69. The number of carbonyl (C=O) groups is 1. The zero-order valence-corrected chi connectivity index (χ0v) is 10.1. The van der Waals surface area contributed by atoms with Gasteiger partial charge >= 0.3 is 0 Å². The second kappa shape index (κ2) is 5.70. The molecule has 0 saturated heterocycles. The molecular weight excluding hydrogens is 204 g/mol. The molecule has 3 N–H and O–H groups in total. The molecule has 90 valence electrons. The van der Waals surface area contributed by atoms with Gasteiger partial charge in [-0.3, -0.25) is 4.79 Å². The van der Waals surface area contributed by atoms with Crippen LogP contribution in [0.3, 0.4) is 0 Å². The van der Waals surface area contributed by atoms with Gasteiger partial charge in [0.05, 0.1) is 6.04 Å². The summed E-state index contributed by atoms with van der Waals surface area (Å²) in [6.07, 6.45) is 1.23. The van der Waals surface area contributed by atoms with Crippen molar-refractivity contribution in [2.24, 2.45) is 5.73 Å². The van der Waals surface area contributed by atoms with E-state index in [0.717, 1.165) is 17.9 Å². The molecule has 1 rings (SSSR count). The molecule has 0 aromatic carbocycles. The van der Waals surface area contributed by atoms with E-state index in [9.17, 15) is 4.79 Å². The SMILES string of the molecule is CCc1ccc(C(C)NC(C)CC(N)=O)o1. The van der Waals surface area contributed by atoms with Gasteiger partial charge in [0.15, 0.2) is 0 Å². The monoisotopic (exact) mass is 224 g/mol. The van der Waals surface area contributed by atoms with Crippen molar-refractivity contribution < 1.29 is 9.21 Å². The first-order valence-corrected chi connectivity index (χ1v) is 5.65. The summed E-state index contributed by atoms with van der Waals surface area (Å²) < 4.78 is 5.62. The van der Waals surface area contributed by atoms with Crippen LogP contribution >= 0.6 is 0 Å². The summed E-state index contributed by atoms with van der Waals surface area (Å²) in [6.45, 7) is 6.00. The summed E-state index contributed by atoms with van der Waals surface area (Å²) in [7, 11) is 0. The number of furan rings is 1. The predicted octanol–water partition coefficient (Wildman–Crippen LogP) is 1.76. The number of hydrogen-bond acceptors (Lipinski definition) is 3. The van der Waals surface area contributed by atoms with Crippen molar-refractivity contribution in [1.29, 1.82) is 0 Å². The number of amides is 1. The van der Waals surface area contributed by atoms with Gasteiger partial charge in [-0.25, -0.2) is 0 Å². The molecule has 16 heavy (non-hydrogen) atoms. The second-order valence-electron chi connectivity index (χ2n) is 4.12. The maximum absolute atomic E-state index is 10.7. The lowest BCUT2D eigenvalue weighted by Crippen LogP contribution is -2.32. The van der Waals surface area contributed by atoms with Gasteiger partial charge in [-0.05, 0) is 26.0 Å². The molecule has 1 aromatic rings. The molecule has 1 aromatic heterocycles. The number of hydrogen-bond donors (Lipinski definition) is 2. The molecule has 0 aliphatic rings. The number of nitrogens with one attached hydrogen (secondary N) is 1. The summed E-state index contributed by atoms with van der Waals surface area (Å²) in [6, 6.07) is 4.09. The average Bonchev–Trinajstić information content (AvgIpc) is 2.64. The van der Waals surface area contributed by atoms with Gasteiger partial charge in [-0.1, -0.05) is 6.92 Å². The smallest absolute Gasteiger partial charge is 0.218 e. The standard InChI is InChI=1S/C12H20N2O2/c1-4-10-5-6-11(16-10)9(3)14-8(2)7-12(13)15/h5-6,8-9,14H,4,7H2,1-3H3,(H2,13,15). The van der Waals surface area contributed by atoms with Gasteiger partial charge in [-0.2, -0.15) is 0 Å². The van der Waals surface area contributed by atoms with Crippen LogP contribution in [0.2, 0.25) is 0 Å². The van der Waals surface area contributed by atoms with Crippen molar-refractivity contribution in [2.45, 2.75) is 45.7 Å². The Labute approximate surface area is 96.2 Å². The number of aryl methyl sites for hydroxylation is 1. The lowest BCUT2D eigenvalue weighted by Gasteiger charge is -2.17. The Balaban J connectivity index is 2.51. The van der Waals surface area contributed by atoms with Gasteiger partial charge in [-0.15, -0.1) is 0 Å². The largest absolute Gasteiger partial charge is 0.464 e. The van der Waals surface area contributed by atoms with Crippen molar-refractivity contribution in [3.63, 3.8) is 0 Å². The van der Waals surface area contributed by atoms with Crippen LogP contribution in [0.5, 0.6) is 0 Å². The van der Waals surface area contributed by atoms with E-state index < -0.39 is 0 Å². The van der Waals surface area contributed by atoms with Crippen LogP contribution in [-0.4, -0.2) is 11.9 Å². The highest BCUT2D eigenvalue weighted by atomic mass is 16.3.